The Balaban J connectivity index is 2.15. The molecular weight excluding hydrogens is 293 g/mol. The van der Waals surface area contributed by atoms with Crippen LogP contribution in [0.1, 0.15) is 12.5 Å². The summed E-state index contributed by atoms with van der Waals surface area (Å²) in [6, 6.07) is 9.75. The first-order valence-corrected chi connectivity index (χ1v) is 7.00. The molecule has 0 aromatic heterocycles. The van der Waals surface area contributed by atoms with Crippen LogP contribution in [-0.4, -0.2) is 13.7 Å². The molecule has 0 heterocycles. The molecule has 21 heavy (non-hydrogen) atoms. The third-order valence-electron chi connectivity index (χ3n) is 2.96. The van der Waals surface area contributed by atoms with Gasteiger partial charge in [-0.15, -0.1) is 0 Å². The van der Waals surface area contributed by atoms with Crippen LogP contribution in [0, 0.1) is 5.82 Å². The summed E-state index contributed by atoms with van der Waals surface area (Å²) in [7, 11) is 1.57. The molecule has 0 amide bonds. The van der Waals surface area contributed by atoms with Crippen molar-refractivity contribution >= 4 is 17.3 Å². The van der Waals surface area contributed by atoms with Crippen molar-refractivity contribution in [3.05, 3.63) is 52.8 Å². The quantitative estimate of drug-likeness (QED) is 0.852. The number of halogens is 2. The van der Waals surface area contributed by atoms with Gasteiger partial charge < -0.3 is 14.8 Å². The molecule has 2 aromatic rings. The van der Waals surface area contributed by atoms with Gasteiger partial charge in [-0.25, -0.2) is 4.39 Å². The zero-order valence-electron chi connectivity index (χ0n) is 12.0. The van der Waals surface area contributed by atoms with Crippen LogP contribution in [0.3, 0.4) is 0 Å². The highest BCUT2D eigenvalue weighted by Crippen LogP contribution is 2.33. The van der Waals surface area contributed by atoms with Gasteiger partial charge in [0, 0.05) is 23.3 Å². The van der Waals surface area contributed by atoms with E-state index in [4.69, 9.17) is 21.1 Å². The predicted molar refractivity (Wildman–Crippen MR) is 82.9 cm³/mol. The summed E-state index contributed by atoms with van der Waals surface area (Å²) in [6.07, 6.45) is 0. The average molecular weight is 310 g/mol. The van der Waals surface area contributed by atoms with Crippen LogP contribution >= 0.6 is 11.6 Å². The molecule has 5 heteroatoms. The minimum atomic E-state index is -0.262. The molecule has 1 N–H and O–H groups in total. The van der Waals surface area contributed by atoms with Crippen molar-refractivity contribution in [3.63, 3.8) is 0 Å². The van der Waals surface area contributed by atoms with Gasteiger partial charge in [0.25, 0.3) is 0 Å². The van der Waals surface area contributed by atoms with E-state index in [0.29, 0.717) is 29.7 Å². The van der Waals surface area contributed by atoms with Crippen LogP contribution < -0.4 is 14.8 Å². The molecule has 2 aromatic carbocycles. The summed E-state index contributed by atoms with van der Waals surface area (Å²) < 4.78 is 23.6. The molecule has 0 fully saturated rings. The number of hydrogen-bond acceptors (Lipinski definition) is 3. The Kier molecular flexibility index (Phi) is 5.28. The lowest BCUT2D eigenvalue weighted by atomic mass is 10.2. The van der Waals surface area contributed by atoms with Gasteiger partial charge in [-0.2, -0.15) is 0 Å². The molecule has 0 radical (unpaired) electrons. The molecule has 3 nitrogen and oxygen atoms in total. The van der Waals surface area contributed by atoms with Crippen molar-refractivity contribution in [2.24, 2.45) is 0 Å². The van der Waals surface area contributed by atoms with E-state index in [-0.39, 0.29) is 5.82 Å². The highest BCUT2D eigenvalue weighted by Gasteiger charge is 2.10. The van der Waals surface area contributed by atoms with Gasteiger partial charge >= 0.3 is 0 Å². The Hall–Kier alpha value is -1.94. The largest absolute Gasteiger partial charge is 0.493 e. The Morgan fingerprint density at radius 3 is 2.48 bits per heavy atom. The molecule has 0 aliphatic carbocycles. The van der Waals surface area contributed by atoms with E-state index >= 15 is 0 Å². The maximum Gasteiger partial charge on any atom is 0.162 e. The van der Waals surface area contributed by atoms with Gasteiger partial charge in [0.1, 0.15) is 5.82 Å². The maximum absolute atomic E-state index is 12.9. The summed E-state index contributed by atoms with van der Waals surface area (Å²) in [5.41, 5.74) is 1.70. The Bertz CT molecular complexity index is 602. The third kappa shape index (κ3) is 4.02. The smallest absolute Gasteiger partial charge is 0.162 e. The monoisotopic (exact) mass is 309 g/mol. The van der Waals surface area contributed by atoms with Crippen LogP contribution in [0.5, 0.6) is 11.5 Å². The molecule has 0 saturated carbocycles. The van der Waals surface area contributed by atoms with Crippen LogP contribution in [0.4, 0.5) is 10.1 Å². The number of nitrogens with one attached hydrogen (secondary N) is 1. The number of anilines is 1. The normalized spacial score (nSPS) is 10.3. The number of hydrogen-bond donors (Lipinski definition) is 1. The summed E-state index contributed by atoms with van der Waals surface area (Å²) in [6.45, 7) is 2.96. The third-order valence-corrected chi connectivity index (χ3v) is 3.31. The van der Waals surface area contributed by atoms with Crippen molar-refractivity contribution < 1.29 is 13.9 Å². The van der Waals surface area contributed by atoms with Gasteiger partial charge in [0.2, 0.25) is 0 Å². The van der Waals surface area contributed by atoms with E-state index in [1.807, 2.05) is 13.0 Å². The average Bonchev–Trinajstić information content (AvgIpc) is 2.49. The number of rotatable bonds is 6. The molecule has 2 rings (SSSR count). The van der Waals surface area contributed by atoms with Gasteiger partial charge in [-0.05, 0) is 42.8 Å². The Labute approximate surface area is 128 Å². The maximum atomic E-state index is 12.9. The van der Waals surface area contributed by atoms with Crippen molar-refractivity contribution in [2.45, 2.75) is 13.5 Å². The van der Waals surface area contributed by atoms with Gasteiger partial charge in [0.05, 0.1) is 13.7 Å². The summed E-state index contributed by atoms with van der Waals surface area (Å²) in [4.78, 5) is 0. The number of ether oxygens (including phenoxy) is 2. The molecule has 0 unspecified atom stereocenters. The molecule has 0 aliphatic rings. The lowest BCUT2D eigenvalue weighted by Gasteiger charge is -2.14. The second-order valence-electron chi connectivity index (χ2n) is 4.39. The van der Waals surface area contributed by atoms with Crippen molar-refractivity contribution in [3.8, 4) is 11.5 Å². The zero-order valence-corrected chi connectivity index (χ0v) is 12.7. The molecule has 0 saturated heterocycles. The van der Waals surface area contributed by atoms with Gasteiger partial charge in [-0.1, -0.05) is 11.6 Å². The fourth-order valence-corrected chi connectivity index (χ4v) is 2.13. The van der Waals surface area contributed by atoms with E-state index in [1.165, 1.54) is 12.1 Å². The predicted octanol–water partition coefficient (Wildman–Crippen LogP) is 4.50. The van der Waals surface area contributed by atoms with Crippen LogP contribution in [-0.2, 0) is 6.54 Å². The van der Waals surface area contributed by atoms with Crippen LogP contribution in [0.25, 0.3) is 0 Å². The Morgan fingerprint density at radius 1 is 1.14 bits per heavy atom. The molecular formula is C16H17ClFNO2. The fraction of sp³-hybridized carbons (Fsp3) is 0.250. The van der Waals surface area contributed by atoms with Crippen LogP contribution in [0.15, 0.2) is 36.4 Å². The topological polar surface area (TPSA) is 30.5 Å². The summed E-state index contributed by atoms with van der Waals surface area (Å²) in [5, 5.41) is 3.78. The van der Waals surface area contributed by atoms with Crippen molar-refractivity contribution in [1.82, 2.24) is 0 Å². The van der Waals surface area contributed by atoms with Crippen molar-refractivity contribution in [1.29, 1.82) is 0 Å². The minimum Gasteiger partial charge on any atom is -0.493 e. The molecule has 0 bridgehead atoms. The minimum absolute atomic E-state index is 0.262. The molecule has 112 valence electrons. The van der Waals surface area contributed by atoms with Crippen molar-refractivity contribution in [2.75, 3.05) is 19.0 Å². The second-order valence-corrected chi connectivity index (χ2v) is 4.80. The summed E-state index contributed by atoms with van der Waals surface area (Å²) in [5.74, 6) is 0.995. The van der Waals surface area contributed by atoms with E-state index in [1.54, 1.807) is 25.3 Å². The highest BCUT2D eigenvalue weighted by molar-refractivity contribution is 6.31. The Morgan fingerprint density at radius 2 is 1.86 bits per heavy atom. The van der Waals surface area contributed by atoms with Crippen LogP contribution in [0.2, 0.25) is 5.02 Å². The van der Waals surface area contributed by atoms with E-state index in [2.05, 4.69) is 5.32 Å². The lowest BCUT2D eigenvalue weighted by molar-refractivity contribution is 0.310. The lowest BCUT2D eigenvalue weighted by Crippen LogP contribution is -2.02. The first-order chi connectivity index (χ1) is 10.1. The first kappa shape index (κ1) is 15.4. The van der Waals surface area contributed by atoms with E-state index < -0.39 is 0 Å². The second kappa shape index (κ2) is 7.18. The highest BCUT2D eigenvalue weighted by atomic mass is 35.5. The number of benzene rings is 2. The molecule has 0 atom stereocenters. The van der Waals surface area contributed by atoms with Gasteiger partial charge in [-0.3, -0.25) is 0 Å². The van der Waals surface area contributed by atoms with E-state index in [9.17, 15) is 4.39 Å². The van der Waals surface area contributed by atoms with E-state index in [0.717, 1.165) is 11.3 Å². The first-order valence-electron chi connectivity index (χ1n) is 6.62. The zero-order chi connectivity index (χ0) is 15.2. The SMILES string of the molecule is CCOc1cc(CNc2ccc(F)cc2)c(Cl)cc1OC. The fourth-order valence-electron chi connectivity index (χ4n) is 1.91. The number of methoxy groups -OCH3 is 1. The molecule has 0 spiro atoms. The van der Waals surface area contributed by atoms with Gasteiger partial charge in [0.15, 0.2) is 11.5 Å². The summed E-state index contributed by atoms with van der Waals surface area (Å²) >= 11 is 6.24. The molecule has 0 aliphatic heterocycles. The standard InChI is InChI=1S/C16H17ClFNO2/c1-3-21-16-8-11(14(17)9-15(16)20-2)10-19-13-6-4-12(18)5-7-13/h4-9,19H,3,10H2,1-2H3.